The van der Waals surface area contributed by atoms with E-state index in [2.05, 4.69) is 40.6 Å². The minimum atomic E-state index is 0.162. The Kier molecular flexibility index (Phi) is 7.38. The summed E-state index contributed by atoms with van der Waals surface area (Å²) in [6.07, 6.45) is 4.12. The highest BCUT2D eigenvalue weighted by molar-refractivity contribution is 5.63. The number of pyridine rings is 1. The summed E-state index contributed by atoms with van der Waals surface area (Å²) >= 11 is 0. The van der Waals surface area contributed by atoms with Gasteiger partial charge >= 0.3 is 0 Å². The van der Waals surface area contributed by atoms with Gasteiger partial charge in [0, 0.05) is 43.2 Å². The number of benzene rings is 1. The normalized spacial score (nSPS) is 11.4. The second-order valence-corrected chi connectivity index (χ2v) is 7.55. The molecule has 0 fully saturated rings. The minimum Gasteiger partial charge on any atom is -0.491 e. The zero-order chi connectivity index (χ0) is 20.6. The van der Waals surface area contributed by atoms with Gasteiger partial charge < -0.3 is 15.0 Å². The molecule has 154 valence electrons. The lowest BCUT2D eigenvalue weighted by Gasteiger charge is -2.16. The van der Waals surface area contributed by atoms with Crippen LogP contribution in [0.15, 0.2) is 54.9 Å². The fourth-order valence-electron chi connectivity index (χ4n) is 3.20. The van der Waals surface area contributed by atoms with Crippen molar-refractivity contribution in [1.29, 1.82) is 0 Å². The van der Waals surface area contributed by atoms with Crippen molar-refractivity contribution in [2.75, 3.05) is 27.2 Å². The molecule has 2 aromatic heterocycles. The van der Waals surface area contributed by atoms with Gasteiger partial charge in [-0.3, -0.25) is 9.67 Å². The van der Waals surface area contributed by atoms with Gasteiger partial charge in [0.2, 0.25) is 0 Å². The SMILES string of the molecule is CNCCN(C)Cc1cn(Cc2ccccn2)nc1-c1ccc(OC(C)C)cc1. The summed E-state index contributed by atoms with van der Waals surface area (Å²) < 4.78 is 7.76. The van der Waals surface area contributed by atoms with Crippen molar-refractivity contribution in [1.82, 2.24) is 25.0 Å². The van der Waals surface area contributed by atoms with Gasteiger partial charge in [0.15, 0.2) is 0 Å². The van der Waals surface area contributed by atoms with Crippen molar-refractivity contribution in [2.45, 2.75) is 33.0 Å². The molecule has 6 nitrogen and oxygen atoms in total. The highest BCUT2D eigenvalue weighted by Gasteiger charge is 2.14. The number of ether oxygens (including phenoxy) is 1. The molecule has 0 bridgehead atoms. The Labute approximate surface area is 173 Å². The highest BCUT2D eigenvalue weighted by Crippen LogP contribution is 2.26. The number of nitrogens with zero attached hydrogens (tertiary/aromatic N) is 4. The van der Waals surface area contributed by atoms with Gasteiger partial charge in [0.1, 0.15) is 5.75 Å². The molecule has 29 heavy (non-hydrogen) atoms. The highest BCUT2D eigenvalue weighted by atomic mass is 16.5. The third kappa shape index (κ3) is 6.14. The summed E-state index contributed by atoms with van der Waals surface area (Å²) in [6.45, 7) is 7.49. The standard InChI is InChI=1S/C23H31N5O/c1-18(2)29-22-10-8-19(9-11-22)23-20(15-27(4)14-13-24-3)16-28(26-23)17-21-7-5-6-12-25-21/h5-12,16,18,24H,13-15,17H2,1-4H3. The first kappa shape index (κ1) is 21.0. The van der Waals surface area contributed by atoms with Gasteiger partial charge in [0.25, 0.3) is 0 Å². The maximum absolute atomic E-state index is 5.78. The average molecular weight is 394 g/mol. The molecule has 0 unspecified atom stereocenters. The summed E-state index contributed by atoms with van der Waals surface area (Å²) in [5.41, 5.74) is 4.31. The molecule has 0 saturated heterocycles. The number of rotatable bonds is 10. The number of hydrogen-bond donors (Lipinski definition) is 1. The first-order valence-corrected chi connectivity index (χ1v) is 10.1. The van der Waals surface area contributed by atoms with Crippen LogP contribution in [-0.4, -0.2) is 53.0 Å². The summed E-state index contributed by atoms with van der Waals surface area (Å²) in [5, 5.41) is 8.10. The lowest BCUT2D eigenvalue weighted by atomic mass is 10.1. The maximum Gasteiger partial charge on any atom is 0.119 e. The Hall–Kier alpha value is -2.70. The van der Waals surface area contributed by atoms with E-state index in [1.165, 1.54) is 5.56 Å². The van der Waals surface area contributed by atoms with E-state index in [1.807, 2.05) is 62.1 Å². The molecule has 2 heterocycles. The van der Waals surface area contributed by atoms with E-state index in [9.17, 15) is 0 Å². The van der Waals surface area contributed by atoms with Crippen molar-refractivity contribution >= 4 is 0 Å². The zero-order valence-electron chi connectivity index (χ0n) is 17.8. The Balaban J connectivity index is 1.86. The topological polar surface area (TPSA) is 55.2 Å². The quantitative estimate of drug-likeness (QED) is 0.572. The minimum absolute atomic E-state index is 0.162. The van der Waals surface area contributed by atoms with Gasteiger partial charge in [-0.1, -0.05) is 6.07 Å². The molecule has 0 amide bonds. The van der Waals surface area contributed by atoms with Crippen molar-refractivity contribution in [2.24, 2.45) is 0 Å². The molecule has 0 spiro atoms. The predicted molar refractivity (Wildman–Crippen MR) is 117 cm³/mol. The van der Waals surface area contributed by atoms with E-state index >= 15 is 0 Å². The van der Waals surface area contributed by atoms with Crippen LogP contribution in [0.1, 0.15) is 25.1 Å². The Morgan fingerprint density at radius 1 is 1.14 bits per heavy atom. The Bertz CT molecular complexity index is 874. The zero-order valence-corrected chi connectivity index (χ0v) is 17.8. The summed E-state index contributed by atoms with van der Waals surface area (Å²) in [5.74, 6) is 0.879. The first-order chi connectivity index (χ1) is 14.0. The average Bonchev–Trinajstić information content (AvgIpc) is 3.09. The molecule has 3 rings (SSSR count). The monoisotopic (exact) mass is 393 g/mol. The van der Waals surface area contributed by atoms with Crippen LogP contribution in [-0.2, 0) is 13.1 Å². The smallest absolute Gasteiger partial charge is 0.119 e. The molecule has 0 aliphatic heterocycles. The van der Waals surface area contributed by atoms with Crippen molar-refractivity contribution < 1.29 is 4.74 Å². The van der Waals surface area contributed by atoms with Crippen LogP contribution in [0.2, 0.25) is 0 Å². The van der Waals surface area contributed by atoms with Crippen LogP contribution in [0.5, 0.6) is 5.75 Å². The molecular weight excluding hydrogens is 362 g/mol. The van der Waals surface area contributed by atoms with Gasteiger partial charge in [-0.15, -0.1) is 0 Å². The first-order valence-electron chi connectivity index (χ1n) is 10.1. The molecule has 6 heteroatoms. The van der Waals surface area contributed by atoms with Crippen LogP contribution in [0.3, 0.4) is 0 Å². The number of likely N-dealkylation sites (N-methyl/N-ethyl adjacent to an activating group) is 2. The van der Waals surface area contributed by atoms with Crippen molar-refractivity contribution in [3.8, 4) is 17.0 Å². The van der Waals surface area contributed by atoms with Gasteiger partial charge in [-0.2, -0.15) is 5.10 Å². The van der Waals surface area contributed by atoms with Crippen LogP contribution in [0, 0.1) is 0 Å². The van der Waals surface area contributed by atoms with E-state index in [1.54, 1.807) is 0 Å². The van der Waals surface area contributed by atoms with Gasteiger partial charge in [0.05, 0.1) is 24.0 Å². The Morgan fingerprint density at radius 2 is 1.93 bits per heavy atom. The van der Waals surface area contributed by atoms with E-state index in [0.717, 1.165) is 42.3 Å². The Morgan fingerprint density at radius 3 is 2.59 bits per heavy atom. The third-order valence-electron chi connectivity index (χ3n) is 4.57. The molecule has 1 aromatic carbocycles. The number of nitrogens with one attached hydrogen (secondary N) is 1. The largest absolute Gasteiger partial charge is 0.491 e. The van der Waals surface area contributed by atoms with Gasteiger partial charge in [-0.25, -0.2) is 0 Å². The van der Waals surface area contributed by atoms with Crippen LogP contribution < -0.4 is 10.1 Å². The maximum atomic E-state index is 5.78. The van der Waals surface area contributed by atoms with E-state index < -0.39 is 0 Å². The molecule has 3 aromatic rings. The number of aromatic nitrogens is 3. The molecule has 0 aliphatic carbocycles. The van der Waals surface area contributed by atoms with E-state index in [0.29, 0.717) is 6.54 Å². The van der Waals surface area contributed by atoms with E-state index in [4.69, 9.17) is 9.84 Å². The van der Waals surface area contributed by atoms with Crippen molar-refractivity contribution in [3.63, 3.8) is 0 Å². The lowest BCUT2D eigenvalue weighted by molar-refractivity contribution is 0.242. The van der Waals surface area contributed by atoms with Gasteiger partial charge in [-0.05, 0) is 64.3 Å². The second kappa shape index (κ2) is 10.2. The summed E-state index contributed by atoms with van der Waals surface area (Å²) in [4.78, 5) is 6.73. The fourth-order valence-corrected chi connectivity index (χ4v) is 3.20. The van der Waals surface area contributed by atoms with Crippen LogP contribution in [0.25, 0.3) is 11.3 Å². The molecule has 1 N–H and O–H groups in total. The summed E-state index contributed by atoms with van der Waals surface area (Å²) in [7, 11) is 4.11. The molecule has 0 atom stereocenters. The molecule has 0 aliphatic rings. The molecular formula is C23H31N5O. The fraction of sp³-hybridized carbons (Fsp3) is 0.391. The summed E-state index contributed by atoms with van der Waals surface area (Å²) in [6, 6.07) is 14.2. The van der Waals surface area contributed by atoms with Crippen molar-refractivity contribution in [3.05, 3.63) is 66.1 Å². The lowest BCUT2D eigenvalue weighted by Crippen LogP contribution is -2.27. The van der Waals surface area contributed by atoms with Crippen LogP contribution >= 0.6 is 0 Å². The second-order valence-electron chi connectivity index (χ2n) is 7.55. The predicted octanol–water partition coefficient (Wildman–Crippen LogP) is 3.43. The van der Waals surface area contributed by atoms with Crippen LogP contribution in [0.4, 0.5) is 0 Å². The molecule has 0 radical (unpaired) electrons. The van der Waals surface area contributed by atoms with E-state index in [-0.39, 0.29) is 6.10 Å². The third-order valence-corrected chi connectivity index (χ3v) is 4.57. The number of hydrogen-bond acceptors (Lipinski definition) is 5. The molecule has 0 saturated carbocycles.